The fraction of sp³-hybridized carbons (Fsp3) is 0.706. The molecule has 0 aromatic rings. The van der Waals surface area contributed by atoms with Crippen LogP contribution >= 0.6 is 0 Å². The Morgan fingerprint density at radius 3 is 1.71 bits per heavy atom. The largest absolute Gasteiger partial charge is 0.0917 e. The summed E-state index contributed by atoms with van der Waals surface area (Å²) in [6.07, 6.45) is 23.5. The number of allylic oxidation sites excluding steroid dienone is 4. The molecule has 0 nitrogen and oxygen atoms in total. The van der Waals surface area contributed by atoms with Crippen molar-refractivity contribution in [3.63, 3.8) is 0 Å². The highest BCUT2D eigenvalue weighted by Gasteiger charge is 1.88. The van der Waals surface area contributed by atoms with Crippen molar-refractivity contribution >= 4 is 0 Å². The topological polar surface area (TPSA) is 0 Å². The zero-order valence-electron chi connectivity index (χ0n) is 11.8. The summed E-state index contributed by atoms with van der Waals surface area (Å²) in [6, 6.07) is 0. The SMILES string of the molecule is [CH2]CCCCCCC/C=C/CCCC/C=C/C. The molecule has 0 spiro atoms. The van der Waals surface area contributed by atoms with E-state index in [0.29, 0.717) is 0 Å². The van der Waals surface area contributed by atoms with Gasteiger partial charge in [-0.25, -0.2) is 0 Å². The van der Waals surface area contributed by atoms with Crippen molar-refractivity contribution in [3.8, 4) is 0 Å². The molecular weight excluding hydrogens is 204 g/mol. The van der Waals surface area contributed by atoms with E-state index in [1.54, 1.807) is 0 Å². The molecule has 0 heteroatoms. The van der Waals surface area contributed by atoms with Gasteiger partial charge in [0.05, 0.1) is 0 Å². The zero-order valence-corrected chi connectivity index (χ0v) is 11.8. The second-order valence-electron chi connectivity index (χ2n) is 4.73. The van der Waals surface area contributed by atoms with Crippen LogP contribution in [0.3, 0.4) is 0 Å². The number of rotatable bonds is 12. The molecule has 17 heavy (non-hydrogen) atoms. The molecule has 0 aliphatic heterocycles. The number of unbranched alkanes of at least 4 members (excludes halogenated alkanes) is 9. The Labute approximate surface area is 109 Å². The van der Waals surface area contributed by atoms with Gasteiger partial charge in [0.25, 0.3) is 0 Å². The Bertz CT molecular complexity index is 176. The van der Waals surface area contributed by atoms with Gasteiger partial charge in [-0.15, -0.1) is 0 Å². The molecule has 0 amide bonds. The quantitative estimate of drug-likeness (QED) is 0.277. The molecule has 0 rings (SSSR count). The van der Waals surface area contributed by atoms with Gasteiger partial charge in [0.15, 0.2) is 0 Å². The lowest BCUT2D eigenvalue weighted by Crippen LogP contribution is -1.78. The van der Waals surface area contributed by atoms with Gasteiger partial charge in [0.2, 0.25) is 0 Å². The van der Waals surface area contributed by atoms with E-state index in [0.717, 1.165) is 6.42 Å². The first-order chi connectivity index (χ1) is 8.41. The predicted octanol–water partition coefficient (Wildman–Crippen LogP) is 6.24. The van der Waals surface area contributed by atoms with Crippen molar-refractivity contribution in [1.82, 2.24) is 0 Å². The molecule has 0 atom stereocenters. The molecule has 0 fully saturated rings. The molecule has 0 bridgehead atoms. The molecule has 0 N–H and O–H groups in total. The monoisotopic (exact) mass is 235 g/mol. The lowest BCUT2D eigenvalue weighted by Gasteiger charge is -1.97. The second-order valence-corrected chi connectivity index (χ2v) is 4.73. The van der Waals surface area contributed by atoms with Crippen LogP contribution in [-0.4, -0.2) is 0 Å². The smallest absolute Gasteiger partial charge is 0.0351 e. The molecule has 99 valence electrons. The van der Waals surface area contributed by atoms with Crippen LogP contribution in [0, 0.1) is 6.92 Å². The fourth-order valence-electron chi connectivity index (χ4n) is 1.90. The van der Waals surface area contributed by atoms with E-state index >= 15 is 0 Å². The first-order valence-corrected chi connectivity index (χ1v) is 7.47. The summed E-state index contributed by atoms with van der Waals surface area (Å²) in [5.41, 5.74) is 0. The van der Waals surface area contributed by atoms with Gasteiger partial charge in [-0.3, -0.25) is 0 Å². The molecule has 1 radical (unpaired) electrons. The van der Waals surface area contributed by atoms with Crippen LogP contribution < -0.4 is 0 Å². The predicted molar refractivity (Wildman–Crippen MR) is 80.1 cm³/mol. The van der Waals surface area contributed by atoms with Crippen molar-refractivity contribution in [2.45, 2.75) is 77.6 Å². The first kappa shape index (κ1) is 16.5. The van der Waals surface area contributed by atoms with Gasteiger partial charge in [0, 0.05) is 0 Å². The van der Waals surface area contributed by atoms with Crippen LogP contribution in [0.4, 0.5) is 0 Å². The lowest BCUT2D eigenvalue weighted by atomic mass is 10.1. The van der Waals surface area contributed by atoms with Gasteiger partial charge in [-0.2, -0.15) is 0 Å². The Morgan fingerprint density at radius 2 is 1.12 bits per heavy atom. The molecule has 0 aromatic heterocycles. The normalized spacial score (nSPS) is 11.9. The maximum absolute atomic E-state index is 3.86. The third-order valence-electron chi connectivity index (χ3n) is 3.01. The van der Waals surface area contributed by atoms with Crippen LogP contribution in [-0.2, 0) is 0 Å². The number of hydrogen-bond donors (Lipinski definition) is 0. The minimum Gasteiger partial charge on any atom is -0.0917 e. The van der Waals surface area contributed by atoms with Crippen LogP contribution in [0.5, 0.6) is 0 Å². The lowest BCUT2D eigenvalue weighted by molar-refractivity contribution is 0.621. The van der Waals surface area contributed by atoms with E-state index in [4.69, 9.17) is 0 Å². The van der Waals surface area contributed by atoms with E-state index in [2.05, 4.69) is 38.2 Å². The summed E-state index contributed by atoms with van der Waals surface area (Å²) in [6.45, 7) is 5.96. The van der Waals surface area contributed by atoms with Crippen molar-refractivity contribution < 1.29 is 0 Å². The maximum Gasteiger partial charge on any atom is -0.0351 e. The summed E-state index contributed by atoms with van der Waals surface area (Å²) in [5, 5.41) is 0. The molecule has 0 aromatic carbocycles. The van der Waals surface area contributed by atoms with Crippen molar-refractivity contribution in [3.05, 3.63) is 31.2 Å². The minimum absolute atomic E-state index is 1.10. The highest BCUT2D eigenvalue weighted by molar-refractivity contribution is 4.82. The van der Waals surface area contributed by atoms with E-state index in [1.807, 2.05) is 0 Å². The van der Waals surface area contributed by atoms with Crippen molar-refractivity contribution in [1.29, 1.82) is 0 Å². The minimum atomic E-state index is 1.10. The maximum atomic E-state index is 3.86. The van der Waals surface area contributed by atoms with Gasteiger partial charge in [-0.1, -0.05) is 63.3 Å². The van der Waals surface area contributed by atoms with Crippen LogP contribution in [0.25, 0.3) is 0 Å². The van der Waals surface area contributed by atoms with Crippen LogP contribution in [0.1, 0.15) is 77.6 Å². The Hall–Kier alpha value is -0.520. The van der Waals surface area contributed by atoms with Crippen molar-refractivity contribution in [2.75, 3.05) is 0 Å². The Balaban J connectivity index is 3.04. The highest BCUT2D eigenvalue weighted by Crippen LogP contribution is 2.08. The molecule has 0 heterocycles. The first-order valence-electron chi connectivity index (χ1n) is 7.47. The third kappa shape index (κ3) is 15.5. The second kappa shape index (κ2) is 15.5. The molecule has 0 unspecified atom stereocenters. The number of hydrogen-bond acceptors (Lipinski definition) is 0. The van der Waals surface area contributed by atoms with Gasteiger partial charge >= 0.3 is 0 Å². The summed E-state index contributed by atoms with van der Waals surface area (Å²) in [7, 11) is 0. The third-order valence-corrected chi connectivity index (χ3v) is 3.01. The molecule has 0 saturated heterocycles. The molecule has 0 aliphatic rings. The van der Waals surface area contributed by atoms with Gasteiger partial charge in [0.1, 0.15) is 0 Å². The van der Waals surface area contributed by atoms with E-state index in [9.17, 15) is 0 Å². The van der Waals surface area contributed by atoms with Gasteiger partial charge in [-0.05, 0) is 45.4 Å². The summed E-state index contributed by atoms with van der Waals surface area (Å²) >= 11 is 0. The Kier molecular flexibility index (Phi) is 15.0. The summed E-state index contributed by atoms with van der Waals surface area (Å²) < 4.78 is 0. The van der Waals surface area contributed by atoms with Crippen molar-refractivity contribution in [2.24, 2.45) is 0 Å². The summed E-state index contributed by atoms with van der Waals surface area (Å²) in [4.78, 5) is 0. The van der Waals surface area contributed by atoms with E-state index in [1.165, 1.54) is 64.2 Å². The molecule has 0 aliphatic carbocycles. The zero-order chi connectivity index (χ0) is 12.6. The van der Waals surface area contributed by atoms with E-state index < -0.39 is 0 Å². The highest BCUT2D eigenvalue weighted by atomic mass is 13.9. The average Bonchev–Trinajstić information content (AvgIpc) is 2.35. The van der Waals surface area contributed by atoms with E-state index in [-0.39, 0.29) is 0 Å². The van der Waals surface area contributed by atoms with Crippen LogP contribution in [0.2, 0.25) is 0 Å². The van der Waals surface area contributed by atoms with Crippen LogP contribution in [0.15, 0.2) is 24.3 Å². The molecular formula is C17H31. The van der Waals surface area contributed by atoms with Gasteiger partial charge < -0.3 is 0 Å². The average molecular weight is 235 g/mol. The Morgan fingerprint density at radius 1 is 0.647 bits per heavy atom. The fourth-order valence-corrected chi connectivity index (χ4v) is 1.90. The molecule has 0 saturated carbocycles. The summed E-state index contributed by atoms with van der Waals surface area (Å²) in [5.74, 6) is 0. The standard InChI is InChI=1S/C17H31/c1-3-5-7-9-11-13-15-17-16-14-12-10-8-6-4-2/h4,6,16-17H,1,3,5,7-15H2,2H3/b6-4+,17-16+.